The predicted octanol–water partition coefficient (Wildman–Crippen LogP) is 2.87. The van der Waals surface area contributed by atoms with Crippen LogP contribution < -0.4 is 5.32 Å². The number of fused-ring (bicyclic) bond motifs is 1. The Labute approximate surface area is 163 Å². The standard InChI is InChI=1S/C21H24N2O5/c1-14(2)13-27-9-4-8-22-19(24)15-6-7-17-18(11-15)21(26)23(20(17)25)12-16-5-3-10-28-16/h3,5-7,10-11,14H,4,8-9,12-13H2,1-2H3,(H,22,24). The first-order chi connectivity index (χ1) is 13.5. The molecule has 3 rings (SSSR count). The molecule has 1 N–H and O–H groups in total. The van der Waals surface area contributed by atoms with Crippen molar-refractivity contribution in [2.45, 2.75) is 26.8 Å². The predicted molar refractivity (Wildman–Crippen MR) is 102 cm³/mol. The van der Waals surface area contributed by atoms with Crippen LogP contribution in [0.1, 0.15) is 57.1 Å². The van der Waals surface area contributed by atoms with Gasteiger partial charge in [0, 0.05) is 25.3 Å². The lowest BCUT2D eigenvalue weighted by Crippen LogP contribution is -2.28. The molecule has 0 fully saturated rings. The zero-order chi connectivity index (χ0) is 20.1. The lowest BCUT2D eigenvalue weighted by atomic mass is 10.1. The molecular weight excluding hydrogens is 360 g/mol. The van der Waals surface area contributed by atoms with Crippen molar-refractivity contribution >= 4 is 17.7 Å². The van der Waals surface area contributed by atoms with Crippen molar-refractivity contribution in [3.05, 3.63) is 59.0 Å². The molecular formula is C21H24N2O5. The molecule has 2 heterocycles. The molecule has 0 atom stereocenters. The van der Waals surface area contributed by atoms with E-state index < -0.39 is 5.91 Å². The van der Waals surface area contributed by atoms with E-state index in [4.69, 9.17) is 9.15 Å². The van der Waals surface area contributed by atoms with Crippen LogP contribution in [-0.4, -0.2) is 42.4 Å². The average Bonchev–Trinajstić information content (AvgIpc) is 3.27. The molecule has 0 spiro atoms. The van der Waals surface area contributed by atoms with Crippen LogP contribution in [0.5, 0.6) is 0 Å². The topological polar surface area (TPSA) is 88.8 Å². The van der Waals surface area contributed by atoms with Gasteiger partial charge < -0.3 is 14.5 Å². The Morgan fingerprint density at radius 1 is 1.18 bits per heavy atom. The Morgan fingerprint density at radius 2 is 1.96 bits per heavy atom. The SMILES string of the molecule is CC(C)COCCCNC(=O)c1ccc2c(c1)C(=O)N(Cc1ccco1)C2=O. The summed E-state index contributed by atoms with van der Waals surface area (Å²) in [7, 11) is 0. The van der Waals surface area contributed by atoms with Gasteiger partial charge in [0.2, 0.25) is 0 Å². The summed E-state index contributed by atoms with van der Waals surface area (Å²) in [6, 6.07) is 7.96. The molecule has 148 valence electrons. The summed E-state index contributed by atoms with van der Waals surface area (Å²) in [5, 5.41) is 2.81. The van der Waals surface area contributed by atoms with E-state index in [0.29, 0.717) is 49.0 Å². The number of carbonyl (C=O) groups is 3. The smallest absolute Gasteiger partial charge is 0.261 e. The summed E-state index contributed by atoms with van der Waals surface area (Å²) < 4.78 is 10.7. The fourth-order valence-electron chi connectivity index (χ4n) is 2.93. The lowest BCUT2D eigenvalue weighted by Gasteiger charge is -2.11. The highest BCUT2D eigenvalue weighted by atomic mass is 16.5. The zero-order valence-electron chi connectivity index (χ0n) is 16.1. The van der Waals surface area contributed by atoms with Crippen molar-refractivity contribution in [3.8, 4) is 0 Å². The molecule has 7 heteroatoms. The third-order valence-corrected chi connectivity index (χ3v) is 4.33. The summed E-state index contributed by atoms with van der Waals surface area (Å²) in [6.07, 6.45) is 2.20. The minimum atomic E-state index is -0.423. The van der Waals surface area contributed by atoms with E-state index >= 15 is 0 Å². The minimum absolute atomic E-state index is 0.0667. The fourth-order valence-corrected chi connectivity index (χ4v) is 2.93. The van der Waals surface area contributed by atoms with Crippen molar-refractivity contribution in [2.24, 2.45) is 5.92 Å². The van der Waals surface area contributed by atoms with E-state index in [9.17, 15) is 14.4 Å². The largest absolute Gasteiger partial charge is 0.467 e. The second-order valence-corrected chi connectivity index (χ2v) is 7.11. The average molecular weight is 384 g/mol. The number of amides is 3. The highest BCUT2D eigenvalue weighted by Crippen LogP contribution is 2.25. The number of hydrogen-bond donors (Lipinski definition) is 1. The molecule has 1 aromatic carbocycles. The van der Waals surface area contributed by atoms with Crippen LogP contribution >= 0.6 is 0 Å². The first-order valence-corrected chi connectivity index (χ1v) is 9.36. The third kappa shape index (κ3) is 4.48. The molecule has 0 bridgehead atoms. The van der Waals surface area contributed by atoms with Gasteiger partial charge in [-0.1, -0.05) is 13.8 Å². The Hall–Kier alpha value is -2.93. The Kier molecular flexibility index (Phi) is 6.26. The van der Waals surface area contributed by atoms with E-state index in [-0.39, 0.29) is 23.9 Å². The number of benzene rings is 1. The van der Waals surface area contributed by atoms with E-state index in [0.717, 1.165) is 4.90 Å². The highest BCUT2D eigenvalue weighted by molar-refractivity contribution is 6.21. The van der Waals surface area contributed by atoms with Crippen molar-refractivity contribution in [3.63, 3.8) is 0 Å². The number of rotatable bonds is 9. The van der Waals surface area contributed by atoms with E-state index in [1.54, 1.807) is 18.2 Å². The molecule has 7 nitrogen and oxygen atoms in total. The maximum Gasteiger partial charge on any atom is 0.261 e. The molecule has 0 aliphatic carbocycles. The van der Waals surface area contributed by atoms with Crippen molar-refractivity contribution < 1.29 is 23.5 Å². The quantitative estimate of drug-likeness (QED) is 0.530. The number of hydrogen-bond acceptors (Lipinski definition) is 5. The second kappa shape index (κ2) is 8.84. The molecule has 0 saturated heterocycles. The normalized spacial score (nSPS) is 13.3. The van der Waals surface area contributed by atoms with Gasteiger partial charge in [-0.25, -0.2) is 0 Å². The third-order valence-electron chi connectivity index (χ3n) is 4.33. The molecule has 0 saturated carbocycles. The molecule has 1 aromatic heterocycles. The molecule has 2 aromatic rings. The molecule has 0 radical (unpaired) electrons. The van der Waals surface area contributed by atoms with E-state index in [1.807, 2.05) is 0 Å². The van der Waals surface area contributed by atoms with Crippen molar-refractivity contribution in [1.29, 1.82) is 0 Å². The maximum absolute atomic E-state index is 12.6. The molecule has 0 unspecified atom stereocenters. The van der Waals surface area contributed by atoms with Gasteiger partial charge in [-0.2, -0.15) is 0 Å². The number of nitrogens with one attached hydrogen (secondary N) is 1. The van der Waals surface area contributed by atoms with Gasteiger partial charge in [0.25, 0.3) is 17.7 Å². The van der Waals surface area contributed by atoms with Gasteiger partial charge in [-0.3, -0.25) is 19.3 Å². The van der Waals surface area contributed by atoms with Gasteiger partial charge >= 0.3 is 0 Å². The molecule has 28 heavy (non-hydrogen) atoms. The molecule has 1 aliphatic rings. The van der Waals surface area contributed by atoms with Crippen LogP contribution in [-0.2, 0) is 11.3 Å². The summed E-state index contributed by atoms with van der Waals surface area (Å²) in [4.78, 5) is 38.6. The summed E-state index contributed by atoms with van der Waals surface area (Å²) in [5.41, 5.74) is 0.891. The molecule has 3 amide bonds. The van der Waals surface area contributed by atoms with Crippen LogP contribution in [0, 0.1) is 5.92 Å². The second-order valence-electron chi connectivity index (χ2n) is 7.11. The van der Waals surface area contributed by atoms with Crippen LogP contribution in [0.4, 0.5) is 0 Å². The van der Waals surface area contributed by atoms with E-state index in [2.05, 4.69) is 19.2 Å². The first-order valence-electron chi connectivity index (χ1n) is 9.36. The number of nitrogens with zero attached hydrogens (tertiary/aromatic N) is 1. The summed E-state index contributed by atoms with van der Waals surface area (Å²) >= 11 is 0. The summed E-state index contributed by atoms with van der Waals surface area (Å²) in [6.45, 7) is 5.98. The number of carbonyl (C=O) groups excluding carboxylic acids is 3. The Balaban J connectivity index is 1.58. The number of furan rings is 1. The van der Waals surface area contributed by atoms with Gasteiger partial charge in [-0.15, -0.1) is 0 Å². The van der Waals surface area contributed by atoms with Crippen LogP contribution in [0.2, 0.25) is 0 Å². The lowest BCUT2D eigenvalue weighted by molar-refractivity contribution is 0.0631. The fraction of sp³-hybridized carbons (Fsp3) is 0.381. The zero-order valence-corrected chi connectivity index (χ0v) is 16.1. The van der Waals surface area contributed by atoms with Crippen LogP contribution in [0.3, 0.4) is 0 Å². The number of ether oxygens (including phenoxy) is 1. The molecule has 1 aliphatic heterocycles. The Bertz CT molecular complexity index is 858. The van der Waals surface area contributed by atoms with Gasteiger partial charge in [0.15, 0.2) is 0 Å². The van der Waals surface area contributed by atoms with Gasteiger partial charge in [-0.05, 0) is 42.7 Å². The van der Waals surface area contributed by atoms with Crippen molar-refractivity contribution in [2.75, 3.05) is 19.8 Å². The Morgan fingerprint density at radius 3 is 2.68 bits per heavy atom. The first kappa shape index (κ1) is 19.8. The monoisotopic (exact) mass is 384 g/mol. The van der Waals surface area contributed by atoms with Gasteiger partial charge in [0.05, 0.1) is 23.9 Å². The maximum atomic E-state index is 12.6. The van der Waals surface area contributed by atoms with Crippen LogP contribution in [0.15, 0.2) is 41.0 Å². The highest BCUT2D eigenvalue weighted by Gasteiger charge is 2.36. The van der Waals surface area contributed by atoms with Gasteiger partial charge in [0.1, 0.15) is 5.76 Å². The van der Waals surface area contributed by atoms with Crippen LogP contribution in [0.25, 0.3) is 0 Å². The van der Waals surface area contributed by atoms with Crippen molar-refractivity contribution in [1.82, 2.24) is 10.2 Å². The van der Waals surface area contributed by atoms with E-state index in [1.165, 1.54) is 18.4 Å². The minimum Gasteiger partial charge on any atom is -0.467 e. The summed E-state index contributed by atoms with van der Waals surface area (Å²) in [5.74, 6) is -0.0871. The number of imide groups is 1.